The standard InChI is InChI=1S/C13H13FN2/c1-8-6-9(7-12(15)13(8)16)10-4-2-3-5-11(10)14/h2-7H,15-16H2,1H3. The van der Waals surface area contributed by atoms with Gasteiger partial charge >= 0.3 is 0 Å². The Morgan fingerprint density at radius 2 is 1.75 bits per heavy atom. The summed E-state index contributed by atoms with van der Waals surface area (Å²) < 4.78 is 13.6. The van der Waals surface area contributed by atoms with Gasteiger partial charge in [0.1, 0.15) is 5.82 Å². The molecule has 0 aliphatic heterocycles. The molecule has 0 aliphatic rings. The maximum atomic E-state index is 13.6. The van der Waals surface area contributed by atoms with Gasteiger partial charge in [0.2, 0.25) is 0 Å². The first kappa shape index (κ1) is 10.5. The normalized spacial score (nSPS) is 10.4. The summed E-state index contributed by atoms with van der Waals surface area (Å²) in [5.74, 6) is -0.258. The summed E-state index contributed by atoms with van der Waals surface area (Å²) in [7, 11) is 0. The molecule has 3 heteroatoms. The second-order valence-corrected chi connectivity index (χ2v) is 3.78. The highest BCUT2D eigenvalue weighted by Gasteiger charge is 2.07. The summed E-state index contributed by atoms with van der Waals surface area (Å²) in [6, 6.07) is 10.1. The topological polar surface area (TPSA) is 52.0 Å². The summed E-state index contributed by atoms with van der Waals surface area (Å²) in [6.07, 6.45) is 0. The molecule has 0 bridgehead atoms. The van der Waals surface area contributed by atoms with Crippen LogP contribution in [0.3, 0.4) is 0 Å². The monoisotopic (exact) mass is 216 g/mol. The van der Waals surface area contributed by atoms with Crippen LogP contribution in [0.4, 0.5) is 15.8 Å². The van der Waals surface area contributed by atoms with E-state index in [9.17, 15) is 4.39 Å². The van der Waals surface area contributed by atoms with Crippen LogP contribution < -0.4 is 11.5 Å². The van der Waals surface area contributed by atoms with Crippen LogP contribution >= 0.6 is 0 Å². The fourth-order valence-corrected chi connectivity index (χ4v) is 1.68. The van der Waals surface area contributed by atoms with Crippen molar-refractivity contribution >= 4 is 11.4 Å². The third kappa shape index (κ3) is 1.72. The summed E-state index contributed by atoms with van der Waals surface area (Å²) in [5, 5.41) is 0. The lowest BCUT2D eigenvalue weighted by atomic mass is 10.0. The first-order valence-electron chi connectivity index (χ1n) is 5.00. The number of hydrogen-bond donors (Lipinski definition) is 2. The van der Waals surface area contributed by atoms with E-state index < -0.39 is 0 Å². The van der Waals surface area contributed by atoms with Gasteiger partial charge in [0.25, 0.3) is 0 Å². The molecule has 0 saturated heterocycles. The average molecular weight is 216 g/mol. The third-order valence-corrected chi connectivity index (χ3v) is 2.60. The molecule has 0 fully saturated rings. The van der Waals surface area contributed by atoms with E-state index in [2.05, 4.69) is 0 Å². The van der Waals surface area contributed by atoms with Crippen molar-refractivity contribution in [3.8, 4) is 11.1 Å². The van der Waals surface area contributed by atoms with E-state index in [0.29, 0.717) is 16.9 Å². The molecule has 0 aliphatic carbocycles. The number of benzene rings is 2. The number of nitrogen functional groups attached to an aromatic ring is 2. The van der Waals surface area contributed by atoms with Gasteiger partial charge in [0.15, 0.2) is 0 Å². The van der Waals surface area contributed by atoms with Crippen molar-refractivity contribution in [1.29, 1.82) is 0 Å². The number of hydrogen-bond acceptors (Lipinski definition) is 2. The molecule has 0 saturated carbocycles. The van der Waals surface area contributed by atoms with Gasteiger partial charge in [-0.15, -0.1) is 0 Å². The molecule has 2 rings (SSSR count). The van der Waals surface area contributed by atoms with Gasteiger partial charge in [0.05, 0.1) is 11.4 Å². The minimum Gasteiger partial charge on any atom is -0.397 e. The predicted octanol–water partition coefficient (Wildman–Crippen LogP) is 2.97. The van der Waals surface area contributed by atoms with E-state index in [1.807, 2.05) is 13.0 Å². The molecular formula is C13H13FN2. The summed E-state index contributed by atoms with van der Waals surface area (Å²) in [6.45, 7) is 1.86. The molecule has 16 heavy (non-hydrogen) atoms. The Hall–Kier alpha value is -2.03. The molecule has 0 aromatic heterocycles. The highest BCUT2D eigenvalue weighted by molar-refractivity contribution is 5.77. The number of rotatable bonds is 1. The third-order valence-electron chi connectivity index (χ3n) is 2.60. The molecule has 82 valence electrons. The molecule has 0 spiro atoms. The minimum atomic E-state index is -0.258. The molecular weight excluding hydrogens is 203 g/mol. The molecule has 2 aromatic rings. The Morgan fingerprint density at radius 1 is 1.06 bits per heavy atom. The Morgan fingerprint density at radius 3 is 2.38 bits per heavy atom. The molecule has 0 radical (unpaired) electrons. The average Bonchev–Trinajstić information content (AvgIpc) is 2.26. The second kappa shape index (κ2) is 3.85. The van der Waals surface area contributed by atoms with E-state index in [1.54, 1.807) is 24.3 Å². The van der Waals surface area contributed by atoms with Crippen LogP contribution in [-0.2, 0) is 0 Å². The smallest absolute Gasteiger partial charge is 0.131 e. The van der Waals surface area contributed by atoms with E-state index in [0.717, 1.165) is 11.1 Å². The molecule has 0 amide bonds. The van der Waals surface area contributed by atoms with Crippen molar-refractivity contribution in [2.75, 3.05) is 11.5 Å². The lowest BCUT2D eigenvalue weighted by Crippen LogP contribution is -1.98. The molecule has 0 atom stereocenters. The first-order chi connectivity index (χ1) is 7.59. The second-order valence-electron chi connectivity index (χ2n) is 3.78. The zero-order valence-electron chi connectivity index (χ0n) is 9.00. The summed E-state index contributed by atoms with van der Waals surface area (Å²) in [4.78, 5) is 0. The predicted molar refractivity (Wildman–Crippen MR) is 65.4 cm³/mol. The minimum absolute atomic E-state index is 0.258. The van der Waals surface area contributed by atoms with Gasteiger partial charge < -0.3 is 11.5 Å². The molecule has 2 nitrogen and oxygen atoms in total. The van der Waals surface area contributed by atoms with Crippen molar-refractivity contribution in [3.05, 3.63) is 47.8 Å². The van der Waals surface area contributed by atoms with Crippen molar-refractivity contribution in [1.82, 2.24) is 0 Å². The van der Waals surface area contributed by atoms with E-state index >= 15 is 0 Å². The number of halogens is 1. The Bertz CT molecular complexity index is 512. The molecule has 2 aromatic carbocycles. The van der Waals surface area contributed by atoms with Crippen molar-refractivity contribution in [2.45, 2.75) is 6.92 Å². The molecule has 4 N–H and O–H groups in total. The lowest BCUT2D eigenvalue weighted by Gasteiger charge is -2.09. The van der Waals surface area contributed by atoms with E-state index in [1.165, 1.54) is 6.07 Å². The highest BCUT2D eigenvalue weighted by Crippen LogP contribution is 2.29. The Balaban J connectivity index is 2.62. The van der Waals surface area contributed by atoms with Crippen LogP contribution in [0.15, 0.2) is 36.4 Å². The van der Waals surface area contributed by atoms with Crippen molar-refractivity contribution in [3.63, 3.8) is 0 Å². The maximum absolute atomic E-state index is 13.6. The van der Waals surface area contributed by atoms with Crippen LogP contribution in [0.5, 0.6) is 0 Å². The van der Waals surface area contributed by atoms with E-state index in [4.69, 9.17) is 11.5 Å². The van der Waals surface area contributed by atoms with Crippen LogP contribution in [-0.4, -0.2) is 0 Å². The summed E-state index contributed by atoms with van der Waals surface area (Å²) in [5.41, 5.74) is 14.7. The van der Waals surface area contributed by atoms with Gasteiger partial charge in [0, 0.05) is 5.56 Å². The van der Waals surface area contributed by atoms with Crippen LogP contribution in [0.1, 0.15) is 5.56 Å². The van der Waals surface area contributed by atoms with E-state index in [-0.39, 0.29) is 5.82 Å². The Kier molecular flexibility index (Phi) is 2.52. The van der Waals surface area contributed by atoms with Crippen LogP contribution in [0.25, 0.3) is 11.1 Å². The van der Waals surface area contributed by atoms with Gasteiger partial charge in [-0.05, 0) is 36.2 Å². The molecule has 0 heterocycles. The fraction of sp³-hybridized carbons (Fsp3) is 0.0769. The van der Waals surface area contributed by atoms with Crippen molar-refractivity contribution < 1.29 is 4.39 Å². The number of anilines is 2. The van der Waals surface area contributed by atoms with Crippen LogP contribution in [0, 0.1) is 12.7 Å². The largest absolute Gasteiger partial charge is 0.397 e. The zero-order valence-corrected chi connectivity index (χ0v) is 9.00. The van der Waals surface area contributed by atoms with Crippen molar-refractivity contribution in [2.24, 2.45) is 0 Å². The zero-order chi connectivity index (χ0) is 11.7. The lowest BCUT2D eigenvalue weighted by molar-refractivity contribution is 0.631. The van der Waals surface area contributed by atoms with Gasteiger partial charge in [-0.1, -0.05) is 18.2 Å². The van der Waals surface area contributed by atoms with Crippen LogP contribution in [0.2, 0.25) is 0 Å². The highest BCUT2D eigenvalue weighted by atomic mass is 19.1. The van der Waals surface area contributed by atoms with Gasteiger partial charge in [-0.3, -0.25) is 0 Å². The number of aryl methyl sites for hydroxylation is 1. The maximum Gasteiger partial charge on any atom is 0.131 e. The first-order valence-corrected chi connectivity index (χ1v) is 5.00. The summed E-state index contributed by atoms with van der Waals surface area (Å²) >= 11 is 0. The number of nitrogens with two attached hydrogens (primary N) is 2. The quantitative estimate of drug-likeness (QED) is 0.720. The SMILES string of the molecule is Cc1cc(-c2ccccc2F)cc(N)c1N. The molecule has 0 unspecified atom stereocenters. The van der Waals surface area contributed by atoms with Gasteiger partial charge in [-0.25, -0.2) is 4.39 Å². The van der Waals surface area contributed by atoms with Gasteiger partial charge in [-0.2, -0.15) is 0 Å². The fourth-order valence-electron chi connectivity index (χ4n) is 1.68. The Labute approximate surface area is 93.7 Å².